The first-order valence-corrected chi connectivity index (χ1v) is 7.18. The van der Waals surface area contributed by atoms with Crippen LogP contribution in [0.25, 0.3) is 0 Å². The lowest BCUT2D eigenvalue weighted by Gasteiger charge is -2.16. The van der Waals surface area contributed by atoms with Gasteiger partial charge in [-0.25, -0.2) is 0 Å². The van der Waals surface area contributed by atoms with Crippen LogP contribution in [0, 0.1) is 0 Å². The highest BCUT2D eigenvalue weighted by Crippen LogP contribution is 2.11. The SMILES string of the molecule is CCCC(N)CC(=O)NC(C)Cc1ccc(Cl)cc1. The molecule has 0 bridgehead atoms. The number of carbonyl (C=O) groups is 1. The molecule has 0 heterocycles. The minimum absolute atomic E-state index is 0.0300. The zero-order valence-corrected chi connectivity index (χ0v) is 12.4. The molecule has 0 aliphatic heterocycles. The highest BCUT2D eigenvalue weighted by atomic mass is 35.5. The molecule has 0 spiro atoms. The van der Waals surface area contributed by atoms with E-state index in [9.17, 15) is 4.79 Å². The molecule has 0 aliphatic carbocycles. The molecule has 3 N–H and O–H groups in total. The van der Waals surface area contributed by atoms with Crippen molar-refractivity contribution >= 4 is 17.5 Å². The van der Waals surface area contributed by atoms with Crippen LogP contribution in [0.4, 0.5) is 0 Å². The Hall–Kier alpha value is -1.06. The third-order valence-corrected chi connectivity index (χ3v) is 3.22. The summed E-state index contributed by atoms with van der Waals surface area (Å²) in [6, 6.07) is 7.75. The molecule has 2 unspecified atom stereocenters. The minimum atomic E-state index is -0.0345. The molecule has 0 aromatic heterocycles. The van der Waals surface area contributed by atoms with Crippen molar-refractivity contribution in [1.29, 1.82) is 0 Å². The van der Waals surface area contributed by atoms with E-state index in [4.69, 9.17) is 17.3 Å². The van der Waals surface area contributed by atoms with E-state index >= 15 is 0 Å². The van der Waals surface area contributed by atoms with Gasteiger partial charge in [0.2, 0.25) is 5.91 Å². The number of nitrogens with two attached hydrogens (primary N) is 1. The third kappa shape index (κ3) is 6.60. The van der Waals surface area contributed by atoms with E-state index < -0.39 is 0 Å². The van der Waals surface area contributed by atoms with E-state index in [1.807, 2.05) is 31.2 Å². The molecule has 0 fully saturated rings. The van der Waals surface area contributed by atoms with Crippen LogP contribution in [0.1, 0.15) is 38.7 Å². The second-order valence-corrected chi connectivity index (χ2v) is 5.49. The molecular weight excluding hydrogens is 260 g/mol. The Morgan fingerprint density at radius 2 is 2.00 bits per heavy atom. The number of nitrogens with one attached hydrogen (secondary N) is 1. The maximum absolute atomic E-state index is 11.8. The summed E-state index contributed by atoms with van der Waals surface area (Å²) in [6.07, 6.45) is 3.10. The molecule has 1 aromatic rings. The molecule has 0 aliphatic rings. The fraction of sp³-hybridized carbons (Fsp3) is 0.533. The second kappa shape index (κ2) is 8.18. The number of hydrogen-bond donors (Lipinski definition) is 2. The fourth-order valence-electron chi connectivity index (χ4n) is 2.07. The fourth-order valence-corrected chi connectivity index (χ4v) is 2.20. The highest BCUT2D eigenvalue weighted by molar-refractivity contribution is 6.30. The Labute approximate surface area is 120 Å². The van der Waals surface area contributed by atoms with Crippen LogP contribution in [0.15, 0.2) is 24.3 Å². The van der Waals surface area contributed by atoms with Crippen LogP contribution in [-0.2, 0) is 11.2 Å². The standard InChI is InChI=1S/C15H23ClN2O/c1-3-4-14(17)10-15(19)18-11(2)9-12-5-7-13(16)8-6-12/h5-8,11,14H,3-4,9-10,17H2,1-2H3,(H,18,19). The van der Waals surface area contributed by atoms with Crippen molar-refractivity contribution in [1.82, 2.24) is 5.32 Å². The van der Waals surface area contributed by atoms with Gasteiger partial charge in [-0.2, -0.15) is 0 Å². The van der Waals surface area contributed by atoms with Gasteiger partial charge in [-0.15, -0.1) is 0 Å². The van der Waals surface area contributed by atoms with Crippen molar-refractivity contribution in [3.05, 3.63) is 34.9 Å². The van der Waals surface area contributed by atoms with Crippen LogP contribution in [-0.4, -0.2) is 18.0 Å². The first-order valence-electron chi connectivity index (χ1n) is 6.80. The Morgan fingerprint density at radius 3 is 2.58 bits per heavy atom. The summed E-state index contributed by atoms with van der Waals surface area (Å²) in [7, 11) is 0. The van der Waals surface area contributed by atoms with Crippen molar-refractivity contribution in [2.24, 2.45) is 5.73 Å². The van der Waals surface area contributed by atoms with Gasteiger partial charge < -0.3 is 11.1 Å². The van der Waals surface area contributed by atoms with Gasteiger partial charge in [0.15, 0.2) is 0 Å². The number of carbonyl (C=O) groups excluding carboxylic acids is 1. The number of benzene rings is 1. The highest BCUT2D eigenvalue weighted by Gasteiger charge is 2.11. The van der Waals surface area contributed by atoms with Crippen LogP contribution in [0.3, 0.4) is 0 Å². The monoisotopic (exact) mass is 282 g/mol. The Kier molecular flexibility index (Phi) is 6.89. The van der Waals surface area contributed by atoms with E-state index in [1.54, 1.807) is 0 Å². The van der Waals surface area contributed by atoms with Gasteiger partial charge in [0.25, 0.3) is 0 Å². The van der Waals surface area contributed by atoms with Gasteiger partial charge in [-0.05, 0) is 37.5 Å². The molecule has 106 valence electrons. The summed E-state index contributed by atoms with van der Waals surface area (Å²) < 4.78 is 0. The van der Waals surface area contributed by atoms with E-state index in [0.717, 1.165) is 29.8 Å². The lowest BCUT2D eigenvalue weighted by atomic mass is 10.1. The quantitative estimate of drug-likeness (QED) is 0.808. The van der Waals surface area contributed by atoms with Crippen molar-refractivity contribution in [2.45, 2.75) is 51.6 Å². The van der Waals surface area contributed by atoms with E-state index in [1.165, 1.54) is 0 Å². The average Bonchev–Trinajstić information content (AvgIpc) is 2.32. The van der Waals surface area contributed by atoms with Gasteiger partial charge in [0, 0.05) is 23.5 Å². The molecule has 0 radical (unpaired) electrons. The maximum Gasteiger partial charge on any atom is 0.221 e. The summed E-state index contributed by atoms with van der Waals surface area (Å²) in [5.74, 6) is 0.0300. The zero-order chi connectivity index (χ0) is 14.3. The predicted molar refractivity (Wildman–Crippen MR) is 80.3 cm³/mol. The van der Waals surface area contributed by atoms with Crippen molar-refractivity contribution in [3.8, 4) is 0 Å². The summed E-state index contributed by atoms with van der Waals surface area (Å²) >= 11 is 5.84. The summed E-state index contributed by atoms with van der Waals surface area (Å²) in [5, 5.41) is 3.71. The van der Waals surface area contributed by atoms with E-state index in [-0.39, 0.29) is 18.0 Å². The lowest BCUT2D eigenvalue weighted by molar-refractivity contribution is -0.122. The van der Waals surface area contributed by atoms with Crippen molar-refractivity contribution < 1.29 is 4.79 Å². The van der Waals surface area contributed by atoms with Gasteiger partial charge >= 0.3 is 0 Å². The van der Waals surface area contributed by atoms with Crippen LogP contribution in [0.5, 0.6) is 0 Å². The molecule has 19 heavy (non-hydrogen) atoms. The normalized spacial score (nSPS) is 13.9. The molecule has 3 nitrogen and oxygen atoms in total. The summed E-state index contributed by atoms with van der Waals surface area (Å²) in [5.41, 5.74) is 7.02. The first kappa shape index (κ1) is 16.0. The number of halogens is 1. The predicted octanol–water partition coefficient (Wildman–Crippen LogP) is 2.90. The van der Waals surface area contributed by atoms with Gasteiger partial charge in [0.05, 0.1) is 0 Å². The number of amides is 1. The molecular formula is C15H23ClN2O. The molecule has 2 atom stereocenters. The minimum Gasteiger partial charge on any atom is -0.353 e. The molecule has 0 saturated heterocycles. The van der Waals surface area contributed by atoms with E-state index in [2.05, 4.69) is 12.2 Å². The smallest absolute Gasteiger partial charge is 0.221 e. The zero-order valence-electron chi connectivity index (χ0n) is 11.7. The molecule has 0 saturated carbocycles. The molecule has 1 aromatic carbocycles. The van der Waals surface area contributed by atoms with Crippen LogP contribution >= 0.6 is 11.6 Å². The Morgan fingerprint density at radius 1 is 1.37 bits per heavy atom. The maximum atomic E-state index is 11.8. The summed E-state index contributed by atoms with van der Waals surface area (Å²) in [4.78, 5) is 11.8. The topological polar surface area (TPSA) is 55.1 Å². The van der Waals surface area contributed by atoms with Gasteiger partial charge in [0.1, 0.15) is 0 Å². The molecule has 1 amide bonds. The first-order chi connectivity index (χ1) is 9.01. The number of rotatable bonds is 7. The van der Waals surface area contributed by atoms with Gasteiger partial charge in [-0.3, -0.25) is 4.79 Å². The van der Waals surface area contributed by atoms with E-state index in [0.29, 0.717) is 6.42 Å². The largest absolute Gasteiger partial charge is 0.353 e. The Bertz CT molecular complexity index is 392. The second-order valence-electron chi connectivity index (χ2n) is 5.05. The van der Waals surface area contributed by atoms with Crippen LogP contribution < -0.4 is 11.1 Å². The summed E-state index contributed by atoms with van der Waals surface area (Å²) in [6.45, 7) is 4.07. The lowest BCUT2D eigenvalue weighted by Crippen LogP contribution is -2.37. The molecule has 4 heteroatoms. The van der Waals surface area contributed by atoms with Crippen molar-refractivity contribution in [3.63, 3.8) is 0 Å². The average molecular weight is 283 g/mol. The number of hydrogen-bond acceptors (Lipinski definition) is 2. The van der Waals surface area contributed by atoms with Crippen molar-refractivity contribution in [2.75, 3.05) is 0 Å². The van der Waals surface area contributed by atoms with Crippen LogP contribution in [0.2, 0.25) is 5.02 Å². The molecule has 1 rings (SSSR count). The van der Waals surface area contributed by atoms with Gasteiger partial charge in [-0.1, -0.05) is 37.1 Å². The Balaban J connectivity index is 2.36. The third-order valence-electron chi connectivity index (χ3n) is 2.97.